The second-order valence-electron chi connectivity index (χ2n) is 10.5. The third-order valence-electron chi connectivity index (χ3n) is 7.63. The van der Waals surface area contributed by atoms with Crippen LogP contribution in [0.4, 0.5) is 0 Å². The van der Waals surface area contributed by atoms with E-state index in [1.54, 1.807) is 62.2 Å². The highest BCUT2D eigenvalue weighted by Crippen LogP contribution is 2.33. The summed E-state index contributed by atoms with van der Waals surface area (Å²) in [7, 11) is -0.919. The number of carboxylic acid groups (broad SMARTS) is 1. The Labute approximate surface area is 265 Å². The van der Waals surface area contributed by atoms with Crippen molar-refractivity contribution in [2.45, 2.75) is 49.1 Å². The van der Waals surface area contributed by atoms with E-state index in [0.29, 0.717) is 60.4 Å². The summed E-state index contributed by atoms with van der Waals surface area (Å²) in [4.78, 5) is 29.2. The van der Waals surface area contributed by atoms with E-state index in [1.165, 1.54) is 21.7 Å². The summed E-state index contributed by atoms with van der Waals surface area (Å²) in [5.74, 6) is -0.320. The van der Waals surface area contributed by atoms with E-state index < -0.39 is 40.7 Å². The smallest absolute Gasteiger partial charge is 0.341 e. The van der Waals surface area contributed by atoms with E-state index in [-0.39, 0.29) is 11.4 Å². The van der Waals surface area contributed by atoms with Crippen LogP contribution in [-0.2, 0) is 30.8 Å². The van der Waals surface area contributed by atoms with Crippen molar-refractivity contribution in [3.63, 3.8) is 0 Å². The van der Waals surface area contributed by atoms with Crippen LogP contribution in [0.15, 0.2) is 71.1 Å². The fourth-order valence-corrected chi connectivity index (χ4v) is 7.68. The molecule has 1 N–H and O–H groups in total. The molecule has 1 saturated heterocycles. The molecule has 13 heteroatoms. The molecule has 45 heavy (non-hydrogen) atoms. The summed E-state index contributed by atoms with van der Waals surface area (Å²) >= 11 is 1.42. The summed E-state index contributed by atoms with van der Waals surface area (Å²) in [5, 5.41) is 9.05. The first-order valence-electron chi connectivity index (χ1n) is 14.4. The molecule has 2 heterocycles. The van der Waals surface area contributed by atoms with Gasteiger partial charge in [-0.1, -0.05) is 18.2 Å². The van der Waals surface area contributed by atoms with Gasteiger partial charge in [0.15, 0.2) is 18.1 Å². The minimum atomic E-state index is -4.02. The van der Waals surface area contributed by atoms with Crippen LogP contribution < -0.4 is 14.2 Å². The Bertz CT molecular complexity index is 1770. The molecule has 0 saturated carbocycles. The number of benzene rings is 3. The molecule has 1 unspecified atom stereocenters. The SMILES string of the molecule is COc1ccc(CC[C@@H](OC(=O)C2CCCCN2S(=O)(=O)c2ccc3scnc3c2)c2cccc(OCC(=O)O)c2)cc1OC. The Morgan fingerprint density at radius 2 is 1.87 bits per heavy atom. The molecule has 238 valence electrons. The topological polar surface area (TPSA) is 142 Å². The molecule has 0 bridgehead atoms. The lowest BCUT2D eigenvalue weighted by Crippen LogP contribution is -2.48. The van der Waals surface area contributed by atoms with Gasteiger partial charge in [0.25, 0.3) is 0 Å². The van der Waals surface area contributed by atoms with Gasteiger partial charge in [-0.3, -0.25) is 4.79 Å². The number of fused-ring (bicyclic) bond motifs is 1. The zero-order valence-electron chi connectivity index (χ0n) is 24.9. The fraction of sp³-hybridized carbons (Fsp3) is 0.344. The van der Waals surface area contributed by atoms with Crippen LogP contribution in [0.1, 0.15) is 42.9 Å². The molecular weight excluding hydrogens is 620 g/mol. The van der Waals surface area contributed by atoms with E-state index >= 15 is 0 Å². The number of hydrogen-bond acceptors (Lipinski definition) is 10. The number of methoxy groups -OCH3 is 2. The lowest BCUT2D eigenvalue weighted by atomic mass is 10.00. The number of carbonyl (C=O) groups is 2. The van der Waals surface area contributed by atoms with E-state index in [0.717, 1.165) is 10.3 Å². The second kappa shape index (κ2) is 14.3. The molecule has 0 aliphatic carbocycles. The van der Waals surface area contributed by atoms with Gasteiger partial charge in [-0.25, -0.2) is 18.2 Å². The van der Waals surface area contributed by atoms with Crippen LogP contribution >= 0.6 is 11.3 Å². The lowest BCUT2D eigenvalue weighted by Gasteiger charge is -2.34. The average molecular weight is 655 g/mol. The van der Waals surface area contributed by atoms with Crippen LogP contribution in [0.25, 0.3) is 10.2 Å². The standard InChI is InChI=1S/C32H34N2O9S2/c1-40-28-13-10-21(16-29(28)41-2)9-12-27(22-6-5-7-23(17-22)42-19-31(35)36)43-32(37)26-8-3-4-15-34(26)45(38,39)24-11-14-30-25(18-24)33-20-44-30/h5-7,10-11,13-14,16-18,20,26-27H,3-4,8-9,12,15,19H2,1-2H3,(H,35,36)/t26?,27-/m1/s1. The summed E-state index contributed by atoms with van der Waals surface area (Å²) in [5.41, 5.74) is 3.74. The van der Waals surface area contributed by atoms with Gasteiger partial charge in [-0.15, -0.1) is 11.3 Å². The highest BCUT2D eigenvalue weighted by Gasteiger charge is 2.39. The van der Waals surface area contributed by atoms with Crippen molar-refractivity contribution >= 4 is 43.5 Å². The molecule has 4 aromatic rings. The van der Waals surface area contributed by atoms with Crippen LogP contribution in [0.3, 0.4) is 0 Å². The summed E-state index contributed by atoms with van der Waals surface area (Å²) in [6.07, 6.45) is 1.67. The Morgan fingerprint density at radius 1 is 1.04 bits per heavy atom. The molecular formula is C32H34N2O9S2. The lowest BCUT2D eigenvalue weighted by molar-refractivity contribution is -0.155. The molecule has 3 aromatic carbocycles. The summed E-state index contributed by atoms with van der Waals surface area (Å²) < 4.78 is 52.0. The average Bonchev–Trinajstić information content (AvgIpc) is 3.54. The predicted octanol–water partition coefficient (Wildman–Crippen LogP) is 5.24. The van der Waals surface area contributed by atoms with Crippen molar-refractivity contribution in [3.8, 4) is 17.2 Å². The van der Waals surface area contributed by atoms with Crippen LogP contribution in [0, 0.1) is 0 Å². The molecule has 1 aromatic heterocycles. The van der Waals surface area contributed by atoms with Gasteiger partial charge in [0.05, 0.1) is 34.8 Å². The van der Waals surface area contributed by atoms with Gasteiger partial charge in [0, 0.05) is 6.54 Å². The normalized spacial score (nSPS) is 16.2. The van der Waals surface area contributed by atoms with Gasteiger partial charge in [-0.05, 0) is 85.7 Å². The maximum Gasteiger partial charge on any atom is 0.341 e. The van der Waals surface area contributed by atoms with Crippen molar-refractivity contribution < 1.29 is 42.1 Å². The van der Waals surface area contributed by atoms with Crippen molar-refractivity contribution in [1.82, 2.24) is 9.29 Å². The van der Waals surface area contributed by atoms with Gasteiger partial charge >= 0.3 is 11.9 Å². The highest BCUT2D eigenvalue weighted by molar-refractivity contribution is 7.89. The zero-order valence-corrected chi connectivity index (χ0v) is 26.5. The van der Waals surface area contributed by atoms with Crippen LogP contribution in [0.5, 0.6) is 17.2 Å². The monoisotopic (exact) mass is 654 g/mol. The van der Waals surface area contributed by atoms with E-state index in [2.05, 4.69) is 4.98 Å². The van der Waals surface area contributed by atoms with Gasteiger partial charge in [-0.2, -0.15) is 4.31 Å². The Morgan fingerprint density at radius 3 is 2.64 bits per heavy atom. The van der Waals surface area contributed by atoms with Crippen LogP contribution in [-0.4, -0.2) is 68.2 Å². The molecule has 1 aliphatic heterocycles. The molecule has 0 amide bonds. The van der Waals surface area contributed by atoms with Crippen molar-refractivity contribution in [2.75, 3.05) is 27.4 Å². The van der Waals surface area contributed by atoms with Crippen molar-refractivity contribution in [2.24, 2.45) is 0 Å². The Kier molecular flexibility index (Phi) is 10.2. The second-order valence-corrected chi connectivity index (χ2v) is 13.3. The van der Waals surface area contributed by atoms with Crippen molar-refractivity contribution in [3.05, 3.63) is 77.3 Å². The molecule has 1 fully saturated rings. The summed E-state index contributed by atoms with van der Waals surface area (Å²) in [6, 6.07) is 16.0. The van der Waals surface area contributed by atoms with Crippen LogP contribution in [0.2, 0.25) is 0 Å². The number of hydrogen-bond donors (Lipinski definition) is 1. The van der Waals surface area contributed by atoms with E-state index in [1.807, 2.05) is 12.1 Å². The first-order valence-corrected chi connectivity index (χ1v) is 16.7. The number of aryl methyl sites for hydroxylation is 1. The zero-order chi connectivity index (χ0) is 32.0. The number of esters is 1. The Balaban J connectivity index is 1.41. The van der Waals surface area contributed by atoms with E-state index in [9.17, 15) is 18.0 Å². The van der Waals surface area contributed by atoms with Gasteiger partial charge < -0.3 is 24.1 Å². The number of sulfonamides is 1. The number of rotatable bonds is 13. The molecule has 1 aliphatic rings. The van der Waals surface area contributed by atoms with Gasteiger partial charge in [0.2, 0.25) is 10.0 Å². The largest absolute Gasteiger partial charge is 0.493 e. The summed E-state index contributed by atoms with van der Waals surface area (Å²) in [6.45, 7) is -0.340. The maximum atomic E-state index is 13.9. The minimum absolute atomic E-state index is 0.0777. The fourth-order valence-electron chi connectivity index (χ4n) is 5.36. The molecule has 0 radical (unpaired) electrons. The number of aliphatic carboxylic acids is 1. The van der Waals surface area contributed by atoms with E-state index in [4.69, 9.17) is 24.1 Å². The third-order valence-corrected chi connectivity index (χ3v) is 10.3. The number of piperidine rings is 1. The number of thiazole rings is 1. The number of carboxylic acids is 1. The molecule has 5 rings (SSSR count). The molecule has 2 atom stereocenters. The first kappa shape index (κ1) is 32.2. The number of ether oxygens (including phenoxy) is 4. The number of carbonyl (C=O) groups excluding carboxylic acids is 1. The number of nitrogens with zero attached hydrogens (tertiary/aromatic N) is 2. The maximum absolute atomic E-state index is 13.9. The minimum Gasteiger partial charge on any atom is -0.493 e. The molecule has 11 nitrogen and oxygen atoms in total. The van der Waals surface area contributed by atoms with Crippen molar-refractivity contribution in [1.29, 1.82) is 0 Å². The Hall–Kier alpha value is -4.20. The third kappa shape index (κ3) is 7.55. The van der Waals surface area contributed by atoms with Gasteiger partial charge in [0.1, 0.15) is 17.9 Å². The highest BCUT2D eigenvalue weighted by atomic mass is 32.2. The quantitative estimate of drug-likeness (QED) is 0.190. The first-order chi connectivity index (χ1) is 21.7. The molecule has 0 spiro atoms. The predicted molar refractivity (Wildman–Crippen MR) is 167 cm³/mol. The number of aromatic nitrogens is 1.